The Morgan fingerprint density at radius 3 is 2.83 bits per heavy atom. The van der Waals surface area contributed by atoms with E-state index >= 15 is 0 Å². The number of nitrogens with zero attached hydrogens (tertiary/aromatic N) is 2. The van der Waals surface area contributed by atoms with Crippen LogP contribution in [-0.4, -0.2) is 42.6 Å². The number of aromatic nitrogens is 2. The SMILES string of the molecule is COc1ccc(OC)c(C(C)NC(=O)CSc2nnc(NCCc3cccs3)s2)c1. The zero-order chi connectivity index (χ0) is 21.3. The van der Waals surface area contributed by atoms with Crippen LogP contribution in [-0.2, 0) is 11.2 Å². The molecule has 2 heterocycles. The molecule has 0 aliphatic heterocycles. The molecule has 0 saturated heterocycles. The predicted octanol–water partition coefficient (Wildman–Crippen LogP) is 4.24. The summed E-state index contributed by atoms with van der Waals surface area (Å²) in [5.74, 6) is 1.60. The molecule has 2 N–H and O–H groups in total. The number of ether oxygens (including phenoxy) is 2. The number of hydrogen-bond acceptors (Lipinski definition) is 9. The summed E-state index contributed by atoms with van der Waals surface area (Å²) in [5.41, 5.74) is 0.864. The first-order chi connectivity index (χ1) is 14.6. The molecular formula is C20H24N4O3S3. The highest BCUT2D eigenvalue weighted by molar-refractivity contribution is 8.01. The molecule has 3 rings (SSSR count). The van der Waals surface area contributed by atoms with Gasteiger partial charge >= 0.3 is 0 Å². The molecule has 2 aromatic heterocycles. The summed E-state index contributed by atoms with van der Waals surface area (Å²) in [4.78, 5) is 13.7. The summed E-state index contributed by atoms with van der Waals surface area (Å²) in [5, 5.41) is 17.4. The van der Waals surface area contributed by atoms with Crippen LogP contribution in [0, 0.1) is 0 Å². The maximum atomic E-state index is 12.4. The van der Waals surface area contributed by atoms with E-state index in [2.05, 4.69) is 38.3 Å². The van der Waals surface area contributed by atoms with E-state index < -0.39 is 0 Å². The predicted molar refractivity (Wildman–Crippen MR) is 123 cm³/mol. The number of methoxy groups -OCH3 is 2. The molecule has 0 aliphatic carbocycles. The number of amides is 1. The van der Waals surface area contributed by atoms with Crippen molar-refractivity contribution in [2.45, 2.75) is 23.7 Å². The van der Waals surface area contributed by atoms with Gasteiger partial charge in [-0.1, -0.05) is 29.2 Å². The lowest BCUT2D eigenvalue weighted by Crippen LogP contribution is -2.28. The number of hydrogen-bond donors (Lipinski definition) is 2. The van der Waals surface area contributed by atoms with E-state index in [-0.39, 0.29) is 17.7 Å². The van der Waals surface area contributed by atoms with E-state index in [1.807, 2.05) is 25.1 Å². The van der Waals surface area contributed by atoms with Crippen LogP contribution < -0.4 is 20.1 Å². The number of thiophene rings is 1. The van der Waals surface area contributed by atoms with Gasteiger partial charge in [0.2, 0.25) is 11.0 Å². The van der Waals surface area contributed by atoms with Crippen molar-refractivity contribution in [3.63, 3.8) is 0 Å². The highest BCUT2D eigenvalue weighted by Gasteiger charge is 2.16. The van der Waals surface area contributed by atoms with Crippen molar-refractivity contribution in [3.8, 4) is 11.5 Å². The second-order valence-corrected chi connectivity index (χ2v) is 9.55. The van der Waals surface area contributed by atoms with Gasteiger partial charge in [0.1, 0.15) is 11.5 Å². The average Bonchev–Trinajstić information content (AvgIpc) is 3.44. The number of rotatable bonds is 11. The molecule has 0 spiro atoms. The highest BCUT2D eigenvalue weighted by atomic mass is 32.2. The Hall–Kier alpha value is -2.30. The molecular weight excluding hydrogens is 440 g/mol. The normalized spacial score (nSPS) is 11.7. The van der Waals surface area contributed by atoms with Gasteiger partial charge in [-0.2, -0.15) is 0 Å². The van der Waals surface area contributed by atoms with Crippen molar-refractivity contribution >= 4 is 45.5 Å². The number of carbonyl (C=O) groups is 1. The van der Waals surface area contributed by atoms with Crippen LogP contribution in [0.5, 0.6) is 11.5 Å². The zero-order valence-electron chi connectivity index (χ0n) is 17.0. The molecule has 30 heavy (non-hydrogen) atoms. The molecule has 0 fully saturated rings. The smallest absolute Gasteiger partial charge is 0.230 e. The molecule has 0 saturated carbocycles. The summed E-state index contributed by atoms with van der Waals surface area (Å²) in [6, 6.07) is 9.49. The Labute approximate surface area is 188 Å². The molecule has 3 aromatic rings. The molecule has 1 unspecified atom stereocenters. The van der Waals surface area contributed by atoms with Gasteiger partial charge in [-0.3, -0.25) is 4.79 Å². The van der Waals surface area contributed by atoms with Gasteiger partial charge in [0, 0.05) is 17.0 Å². The van der Waals surface area contributed by atoms with Crippen LogP contribution in [0.25, 0.3) is 0 Å². The first-order valence-corrected chi connectivity index (χ1v) is 12.0. The minimum atomic E-state index is -0.216. The highest BCUT2D eigenvalue weighted by Crippen LogP contribution is 2.30. The molecule has 1 aromatic carbocycles. The van der Waals surface area contributed by atoms with Gasteiger partial charge < -0.3 is 20.1 Å². The summed E-state index contributed by atoms with van der Waals surface area (Å²) in [6.45, 7) is 2.72. The molecule has 0 bridgehead atoms. The van der Waals surface area contributed by atoms with E-state index in [1.54, 1.807) is 25.6 Å². The number of thioether (sulfide) groups is 1. The Kier molecular flexibility index (Phi) is 8.35. The summed E-state index contributed by atoms with van der Waals surface area (Å²) < 4.78 is 11.4. The summed E-state index contributed by atoms with van der Waals surface area (Å²) in [6.07, 6.45) is 0.952. The van der Waals surface area contributed by atoms with E-state index in [0.29, 0.717) is 11.5 Å². The van der Waals surface area contributed by atoms with Crippen molar-refractivity contribution in [1.29, 1.82) is 0 Å². The van der Waals surface area contributed by atoms with Crippen LogP contribution in [0.2, 0.25) is 0 Å². The molecule has 0 aliphatic rings. The third kappa shape index (κ3) is 6.35. The van der Waals surface area contributed by atoms with Gasteiger partial charge in [0.15, 0.2) is 4.34 Å². The fourth-order valence-corrected chi connectivity index (χ4v) is 5.05. The van der Waals surface area contributed by atoms with Crippen LogP contribution in [0.15, 0.2) is 40.1 Å². The summed E-state index contributed by atoms with van der Waals surface area (Å²) >= 11 is 4.58. The first-order valence-electron chi connectivity index (χ1n) is 9.33. The molecule has 1 amide bonds. The molecule has 0 radical (unpaired) electrons. The second-order valence-electron chi connectivity index (χ2n) is 6.32. The minimum Gasteiger partial charge on any atom is -0.497 e. The van der Waals surface area contributed by atoms with E-state index in [1.165, 1.54) is 28.0 Å². The van der Waals surface area contributed by atoms with Crippen molar-refractivity contribution < 1.29 is 14.3 Å². The maximum absolute atomic E-state index is 12.4. The first kappa shape index (κ1) is 22.4. The third-order valence-corrected chi connectivity index (χ3v) is 7.19. The van der Waals surface area contributed by atoms with Crippen molar-refractivity contribution in [1.82, 2.24) is 15.5 Å². The molecule has 7 nitrogen and oxygen atoms in total. The van der Waals surface area contributed by atoms with Crippen LogP contribution in [0.3, 0.4) is 0 Å². The Morgan fingerprint density at radius 1 is 1.23 bits per heavy atom. The Morgan fingerprint density at radius 2 is 2.10 bits per heavy atom. The quantitative estimate of drug-likeness (QED) is 0.411. The van der Waals surface area contributed by atoms with Gasteiger partial charge in [-0.05, 0) is 43.0 Å². The van der Waals surface area contributed by atoms with Gasteiger partial charge in [-0.25, -0.2) is 0 Å². The van der Waals surface area contributed by atoms with Gasteiger partial charge in [0.05, 0.1) is 26.0 Å². The molecule has 10 heteroatoms. The van der Waals surface area contributed by atoms with Crippen molar-refractivity contribution in [2.24, 2.45) is 0 Å². The minimum absolute atomic E-state index is 0.0835. The van der Waals surface area contributed by atoms with Crippen molar-refractivity contribution in [2.75, 3.05) is 31.8 Å². The topological polar surface area (TPSA) is 85.4 Å². The lowest BCUT2D eigenvalue weighted by molar-refractivity contribution is -0.119. The Bertz CT molecular complexity index is 947. The van der Waals surface area contributed by atoms with Crippen LogP contribution >= 0.6 is 34.4 Å². The lowest BCUT2D eigenvalue weighted by Gasteiger charge is -2.18. The third-order valence-electron chi connectivity index (χ3n) is 4.24. The largest absolute Gasteiger partial charge is 0.497 e. The molecule has 160 valence electrons. The fraction of sp³-hybridized carbons (Fsp3) is 0.350. The summed E-state index contributed by atoms with van der Waals surface area (Å²) in [7, 11) is 3.22. The number of anilines is 1. The number of nitrogens with one attached hydrogen (secondary N) is 2. The van der Waals surface area contributed by atoms with Crippen LogP contribution in [0.4, 0.5) is 5.13 Å². The Balaban J connectivity index is 1.46. The second kappa shape index (κ2) is 11.2. The zero-order valence-corrected chi connectivity index (χ0v) is 19.5. The lowest BCUT2D eigenvalue weighted by atomic mass is 10.1. The van der Waals surface area contributed by atoms with Crippen LogP contribution in [0.1, 0.15) is 23.4 Å². The maximum Gasteiger partial charge on any atom is 0.230 e. The monoisotopic (exact) mass is 464 g/mol. The standard InChI is InChI=1S/C20H24N4O3S3/c1-13(16-11-14(26-2)6-7-17(16)27-3)22-18(25)12-29-20-24-23-19(30-20)21-9-8-15-5-4-10-28-15/h4-7,10-11,13H,8-9,12H2,1-3H3,(H,21,23)(H,22,25). The number of benzene rings is 1. The van der Waals surface area contributed by atoms with E-state index in [9.17, 15) is 4.79 Å². The average molecular weight is 465 g/mol. The van der Waals surface area contributed by atoms with Crippen molar-refractivity contribution in [3.05, 3.63) is 46.2 Å². The van der Waals surface area contributed by atoms with E-state index in [0.717, 1.165) is 28.0 Å². The van der Waals surface area contributed by atoms with E-state index in [4.69, 9.17) is 9.47 Å². The van der Waals surface area contributed by atoms with Gasteiger partial charge in [-0.15, -0.1) is 21.5 Å². The number of carbonyl (C=O) groups excluding carboxylic acids is 1. The fourth-order valence-electron chi connectivity index (χ4n) is 2.75. The van der Waals surface area contributed by atoms with Gasteiger partial charge in [0.25, 0.3) is 0 Å². The molecule has 1 atom stereocenters.